The second kappa shape index (κ2) is 10.9. The number of halogens is 1. The molecule has 0 aliphatic carbocycles. The van der Waals surface area contributed by atoms with Gasteiger partial charge in [-0.05, 0) is 42.7 Å². The summed E-state index contributed by atoms with van der Waals surface area (Å²) in [6.45, 7) is 2.58. The first kappa shape index (κ1) is 24.7. The van der Waals surface area contributed by atoms with Gasteiger partial charge in [0.25, 0.3) is 5.91 Å². The van der Waals surface area contributed by atoms with Gasteiger partial charge in [-0.1, -0.05) is 35.9 Å². The van der Waals surface area contributed by atoms with Crippen molar-refractivity contribution in [1.82, 2.24) is 9.21 Å². The number of benzene rings is 2. The summed E-state index contributed by atoms with van der Waals surface area (Å²) in [6, 6.07) is 13.8. The minimum absolute atomic E-state index is 0.124. The summed E-state index contributed by atoms with van der Waals surface area (Å²) >= 11 is 5.97. The van der Waals surface area contributed by atoms with E-state index in [0.29, 0.717) is 61.0 Å². The fourth-order valence-electron chi connectivity index (χ4n) is 4.28. The molecule has 8 nitrogen and oxygen atoms in total. The van der Waals surface area contributed by atoms with Crippen molar-refractivity contribution in [3.8, 4) is 0 Å². The summed E-state index contributed by atoms with van der Waals surface area (Å²) in [7, 11) is -3.51. The second-order valence-electron chi connectivity index (χ2n) is 8.50. The van der Waals surface area contributed by atoms with Crippen LogP contribution in [0.15, 0.2) is 48.5 Å². The van der Waals surface area contributed by atoms with Crippen LogP contribution in [0, 0.1) is 5.92 Å². The van der Waals surface area contributed by atoms with Gasteiger partial charge in [-0.3, -0.25) is 9.59 Å². The first-order chi connectivity index (χ1) is 16.3. The predicted octanol–water partition coefficient (Wildman–Crippen LogP) is 2.99. The zero-order valence-corrected chi connectivity index (χ0v) is 20.4. The number of piperidine rings is 1. The van der Waals surface area contributed by atoms with Gasteiger partial charge >= 0.3 is 0 Å². The predicted molar refractivity (Wildman–Crippen MR) is 130 cm³/mol. The van der Waals surface area contributed by atoms with Gasteiger partial charge in [0, 0.05) is 37.1 Å². The van der Waals surface area contributed by atoms with Crippen LogP contribution in [-0.4, -0.2) is 68.8 Å². The number of anilines is 1. The van der Waals surface area contributed by atoms with Crippen molar-refractivity contribution in [2.75, 3.05) is 44.7 Å². The van der Waals surface area contributed by atoms with Crippen LogP contribution in [0.25, 0.3) is 0 Å². The lowest BCUT2D eigenvalue weighted by Crippen LogP contribution is -2.42. The Morgan fingerprint density at radius 2 is 1.71 bits per heavy atom. The highest BCUT2D eigenvalue weighted by molar-refractivity contribution is 7.88. The molecule has 2 aliphatic heterocycles. The second-order valence-corrected chi connectivity index (χ2v) is 10.9. The smallest absolute Gasteiger partial charge is 0.256 e. The molecule has 2 fully saturated rings. The average Bonchev–Trinajstić information content (AvgIpc) is 2.84. The monoisotopic (exact) mass is 505 g/mol. The number of nitrogens with zero attached hydrogens (tertiary/aromatic N) is 2. The molecule has 2 aromatic rings. The van der Waals surface area contributed by atoms with Gasteiger partial charge in [-0.2, -0.15) is 0 Å². The van der Waals surface area contributed by atoms with Crippen molar-refractivity contribution >= 4 is 39.1 Å². The molecule has 0 unspecified atom stereocenters. The van der Waals surface area contributed by atoms with E-state index in [0.717, 1.165) is 0 Å². The lowest BCUT2D eigenvalue weighted by molar-refractivity contribution is -0.120. The summed E-state index contributed by atoms with van der Waals surface area (Å²) in [6.07, 6.45) is 0.834. The number of rotatable bonds is 6. The van der Waals surface area contributed by atoms with Gasteiger partial charge in [-0.25, -0.2) is 12.7 Å². The number of morpholine rings is 1. The summed E-state index contributed by atoms with van der Waals surface area (Å²) in [4.78, 5) is 27.6. The van der Waals surface area contributed by atoms with Crippen molar-refractivity contribution in [2.24, 2.45) is 5.92 Å². The van der Waals surface area contributed by atoms with E-state index in [4.69, 9.17) is 16.3 Å². The lowest BCUT2D eigenvalue weighted by Gasteiger charge is -2.31. The quantitative estimate of drug-likeness (QED) is 0.651. The molecule has 2 aromatic carbocycles. The normalized spacial score (nSPS) is 18.0. The fourth-order valence-corrected chi connectivity index (χ4v) is 6.04. The minimum Gasteiger partial charge on any atom is -0.378 e. The Hall–Kier alpha value is -2.46. The summed E-state index contributed by atoms with van der Waals surface area (Å²) in [5.41, 5.74) is 1.55. The van der Waals surface area contributed by atoms with Crippen LogP contribution in [-0.2, 0) is 25.3 Å². The van der Waals surface area contributed by atoms with E-state index >= 15 is 0 Å². The van der Waals surface area contributed by atoms with Crippen molar-refractivity contribution in [3.05, 3.63) is 64.7 Å². The molecular weight excluding hydrogens is 478 g/mol. The third-order valence-corrected chi connectivity index (χ3v) is 8.26. The highest BCUT2D eigenvalue weighted by Gasteiger charge is 2.32. The minimum atomic E-state index is -3.51. The molecule has 34 heavy (non-hydrogen) atoms. The molecule has 2 aliphatic rings. The Kier molecular flexibility index (Phi) is 7.88. The molecule has 2 amide bonds. The first-order valence-corrected chi connectivity index (χ1v) is 13.3. The molecule has 0 radical (unpaired) electrons. The van der Waals surface area contributed by atoms with E-state index in [1.54, 1.807) is 53.4 Å². The number of para-hydroxylation sites is 1. The van der Waals surface area contributed by atoms with Gasteiger partial charge < -0.3 is 15.0 Å². The molecule has 10 heteroatoms. The fraction of sp³-hybridized carbons (Fsp3) is 0.417. The third kappa shape index (κ3) is 5.96. The maximum Gasteiger partial charge on any atom is 0.256 e. The number of sulfonamides is 1. The molecule has 0 saturated carbocycles. The molecule has 0 atom stereocenters. The zero-order valence-electron chi connectivity index (χ0n) is 18.8. The van der Waals surface area contributed by atoms with Crippen molar-refractivity contribution in [1.29, 1.82) is 0 Å². The third-order valence-electron chi connectivity index (χ3n) is 6.17. The number of carbonyl (C=O) groups excluding carboxylic acids is 2. The molecule has 0 spiro atoms. The van der Waals surface area contributed by atoms with Gasteiger partial charge in [0.15, 0.2) is 0 Å². The molecule has 4 rings (SSSR count). The Balaban J connectivity index is 1.36. The molecule has 0 aromatic heterocycles. The molecule has 1 N–H and O–H groups in total. The van der Waals surface area contributed by atoms with E-state index < -0.39 is 10.0 Å². The number of nitrogens with one attached hydrogen (secondary N) is 1. The number of amides is 2. The molecule has 2 saturated heterocycles. The lowest BCUT2D eigenvalue weighted by atomic mass is 9.97. The maximum absolute atomic E-state index is 13.0. The van der Waals surface area contributed by atoms with E-state index in [1.165, 1.54) is 4.31 Å². The molecular formula is C24H28ClN3O5S. The zero-order chi connectivity index (χ0) is 24.1. The van der Waals surface area contributed by atoms with E-state index in [1.807, 2.05) is 0 Å². The van der Waals surface area contributed by atoms with Gasteiger partial charge in [0.1, 0.15) is 0 Å². The Bertz CT molecular complexity index is 1140. The molecule has 2 heterocycles. The molecule has 182 valence electrons. The average molecular weight is 506 g/mol. The van der Waals surface area contributed by atoms with Crippen LogP contribution in [0.4, 0.5) is 5.69 Å². The topological polar surface area (TPSA) is 96.0 Å². The van der Waals surface area contributed by atoms with Crippen LogP contribution in [0.1, 0.15) is 28.8 Å². The SMILES string of the molecule is O=C(Nc1ccccc1C(=O)N1CCOCC1)C1CCN(S(=O)(=O)Cc2cccc(Cl)c2)CC1. The van der Waals surface area contributed by atoms with Gasteiger partial charge in [0.05, 0.1) is 30.2 Å². The van der Waals surface area contributed by atoms with Crippen LogP contribution in [0.2, 0.25) is 5.02 Å². The largest absolute Gasteiger partial charge is 0.378 e. The highest BCUT2D eigenvalue weighted by atomic mass is 35.5. The Morgan fingerprint density at radius 3 is 2.41 bits per heavy atom. The standard InChI is InChI=1S/C24H28ClN3O5S/c25-20-5-3-4-18(16-20)17-34(31,32)28-10-8-19(9-11-28)23(29)26-22-7-2-1-6-21(22)24(30)27-12-14-33-15-13-27/h1-7,16,19H,8-15,17H2,(H,26,29). The van der Waals surface area contributed by atoms with Crippen LogP contribution >= 0.6 is 11.6 Å². The number of hydrogen-bond donors (Lipinski definition) is 1. The Morgan fingerprint density at radius 1 is 1.00 bits per heavy atom. The van der Waals surface area contributed by atoms with Crippen molar-refractivity contribution < 1.29 is 22.7 Å². The summed E-state index contributed by atoms with van der Waals surface area (Å²) in [5, 5.41) is 3.40. The van der Waals surface area contributed by atoms with E-state index in [-0.39, 0.29) is 36.6 Å². The summed E-state index contributed by atoms with van der Waals surface area (Å²) in [5.74, 6) is -0.791. The van der Waals surface area contributed by atoms with Crippen LogP contribution in [0.5, 0.6) is 0 Å². The number of ether oxygens (including phenoxy) is 1. The van der Waals surface area contributed by atoms with E-state index in [2.05, 4.69) is 5.32 Å². The van der Waals surface area contributed by atoms with Crippen molar-refractivity contribution in [2.45, 2.75) is 18.6 Å². The maximum atomic E-state index is 13.0. The highest BCUT2D eigenvalue weighted by Crippen LogP contribution is 2.25. The van der Waals surface area contributed by atoms with E-state index in [9.17, 15) is 18.0 Å². The van der Waals surface area contributed by atoms with Crippen LogP contribution < -0.4 is 5.32 Å². The molecule has 0 bridgehead atoms. The van der Waals surface area contributed by atoms with Crippen LogP contribution in [0.3, 0.4) is 0 Å². The summed E-state index contributed by atoms with van der Waals surface area (Å²) < 4.78 is 32.4. The number of hydrogen-bond acceptors (Lipinski definition) is 5. The first-order valence-electron chi connectivity index (χ1n) is 11.3. The Labute approximate surface area is 204 Å². The number of carbonyl (C=O) groups is 2. The van der Waals surface area contributed by atoms with Gasteiger partial charge in [-0.15, -0.1) is 0 Å². The van der Waals surface area contributed by atoms with Gasteiger partial charge in [0.2, 0.25) is 15.9 Å². The van der Waals surface area contributed by atoms with Crippen molar-refractivity contribution in [3.63, 3.8) is 0 Å².